The molecule has 5 rings (SSSR count). The molecule has 3 heterocycles. The number of methoxy groups -OCH3 is 1. The Hall–Kier alpha value is -4.58. The Morgan fingerprint density at radius 1 is 1.02 bits per heavy atom. The van der Waals surface area contributed by atoms with Crippen LogP contribution in [0.5, 0.6) is 5.75 Å². The van der Waals surface area contributed by atoms with Gasteiger partial charge in [-0.1, -0.05) is 12.1 Å². The number of amides is 2. The highest BCUT2D eigenvalue weighted by atomic mass is 32.1. The first-order valence-electron chi connectivity index (χ1n) is 13.2. The van der Waals surface area contributed by atoms with E-state index in [9.17, 15) is 9.59 Å². The van der Waals surface area contributed by atoms with Crippen LogP contribution in [-0.4, -0.2) is 70.6 Å². The molecule has 12 heteroatoms. The number of carbonyl (C=O) groups is 2. The number of nitrogens with two attached hydrogens (primary N) is 1. The molecule has 3 N–H and O–H groups in total. The number of hydrogen-bond donors (Lipinski definition) is 2. The molecule has 0 aliphatic carbocycles. The number of nitrogens with zero attached hydrogens (tertiary/aromatic N) is 5. The molecule has 41 heavy (non-hydrogen) atoms. The fourth-order valence-electron chi connectivity index (χ4n) is 4.42. The second-order valence-electron chi connectivity index (χ2n) is 10.5. The number of ether oxygens (including phenoxy) is 2. The standard InChI is InChI=1S/C29H33N7O4S/c1-29(2,3)40-28(38)35-15-13-34(14-16-35)24-8-6-5-7-21(24)31-26(37)23-18-41-27(32-23)36-25(30)17-22(33-36)19-9-11-20(39-4)12-10-19/h5-12,17-18H,13-16,30H2,1-4H3,(H,31,37). The number of hydrogen-bond acceptors (Lipinski definition) is 9. The predicted molar refractivity (Wildman–Crippen MR) is 160 cm³/mol. The Morgan fingerprint density at radius 2 is 1.73 bits per heavy atom. The lowest BCUT2D eigenvalue weighted by molar-refractivity contribution is 0.0240. The second kappa shape index (κ2) is 11.5. The van der Waals surface area contributed by atoms with Crippen LogP contribution in [0.3, 0.4) is 0 Å². The van der Waals surface area contributed by atoms with E-state index in [1.165, 1.54) is 16.0 Å². The van der Waals surface area contributed by atoms with Gasteiger partial charge < -0.3 is 30.3 Å². The second-order valence-corrected chi connectivity index (χ2v) is 11.4. The molecule has 1 aliphatic heterocycles. The summed E-state index contributed by atoms with van der Waals surface area (Å²) < 4.78 is 12.3. The molecule has 1 aliphatic rings. The number of para-hydroxylation sites is 2. The number of nitrogens with one attached hydrogen (secondary N) is 1. The van der Waals surface area contributed by atoms with E-state index in [4.69, 9.17) is 15.2 Å². The molecule has 2 amide bonds. The summed E-state index contributed by atoms with van der Waals surface area (Å²) in [6.45, 7) is 7.84. The Bertz CT molecular complexity index is 1530. The molecular weight excluding hydrogens is 542 g/mol. The van der Waals surface area contributed by atoms with Gasteiger partial charge in [-0.25, -0.2) is 9.78 Å². The van der Waals surface area contributed by atoms with E-state index in [1.54, 1.807) is 23.5 Å². The monoisotopic (exact) mass is 575 g/mol. The molecule has 0 atom stereocenters. The van der Waals surface area contributed by atoms with Crippen molar-refractivity contribution in [1.82, 2.24) is 19.7 Å². The lowest BCUT2D eigenvalue weighted by Crippen LogP contribution is -2.50. The molecule has 0 radical (unpaired) electrons. The van der Waals surface area contributed by atoms with Gasteiger partial charge in [0.1, 0.15) is 22.9 Å². The van der Waals surface area contributed by atoms with Gasteiger partial charge in [0.05, 0.1) is 24.2 Å². The zero-order valence-electron chi connectivity index (χ0n) is 23.5. The molecule has 1 fully saturated rings. The summed E-state index contributed by atoms with van der Waals surface area (Å²) in [5, 5.41) is 9.76. The van der Waals surface area contributed by atoms with Crippen LogP contribution >= 0.6 is 11.3 Å². The minimum absolute atomic E-state index is 0.260. The van der Waals surface area contributed by atoms with Crippen LogP contribution in [0.2, 0.25) is 0 Å². The number of anilines is 3. The van der Waals surface area contributed by atoms with Gasteiger partial charge in [0, 0.05) is 43.2 Å². The van der Waals surface area contributed by atoms with E-state index >= 15 is 0 Å². The van der Waals surface area contributed by atoms with Crippen LogP contribution in [0.4, 0.5) is 22.0 Å². The number of rotatable bonds is 6. The first-order valence-corrected chi connectivity index (χ1v) is 14.1. The molecule has 0 unspecified atom stereocenters. The number of aromatic nitrogens is 3. The highest BCUT2D eigenvalue weighted by Gasteiger charge is 2.27. The van der Waals surface area contributed by atoms with Gasteiger partial charge in [-0.3, -0.25) is 4.79 Å². The summed E-state index contributed by atoms with van der Waals surface area (Å²) in [5.41, 5.74) is 9.07. The normalized spacial score (nSPS) is 13.7. The molecule has 2 aromatic carbocycles. The number of piperazine rings is 1. The van der Waals surface area contributed by atoms with Crippen molar-refractivity contribution in [1.29, 1.82) is 0 Å². The van der Waals surface area contributed by atoms with Crippen molar-refractivity contribution < 1.29 is 19.1 Å². The molecule has 4 aromatic rings. The van der Waals surface area contributed by atoms with Gasteiger partial charge in [-0.15, -0.1) is 11.3 Å². The van der Waals surface area contributed by atoms with E-state index in [-0.39, 0.29) is 17.7 Å². The van der Waals surface area contributed by atoms with E-state index in [2.05, 4.69) is 20.3 Å². The lowest BCUT2D eigenvalue weighted by atomic mass is 10.1. The number of carbonyl (C=O) groups excluding carboxylic acids is 2. The molecule has 11 nitrogen and oxygen atoms in total. The van der Waals surface area contributed by atoms with E-state index in [0.717, 1.165) is 17.0 Å². The number of benzene rings is 2. The average Bonchev–Trinajstić information content (AvgIpc) is 3.60. The summed E-state index contributed by atoms with van der Waals surface area (Å²) in [4.78, 5) is 34.0. The Kier molecular flexibility index (Phi) is 7.84. The molecule has 1 saturated heterocycles. The van der Waals surface area contributed by atoms with Gasteiger partial charge >= 0.3 is 6.09 Å². The highest BCUT2D eigenvalue weighted by molar-refractivity contribution is 7.12. The lowest BCUT2D eigenvalue weighted by Gasteiger charge is -2.37. The van der Waals surface area contributed by atoms with E-state index in [1.807, 2.05) is 69.3 Å². The van der Waals surface area contributed by atoms with Gasteiger partial charge in [-0.2, -0.15) is 9.78 Å². The summed E-state index contributed by atoms with van der Waals surface area (Å²) in [7, 11) is 1.62. The smallest absolute Gasteiger partial charge is 0.410 e. The predicted octanol–water partition coefficient (Wildman–Crippen LogP) is 4.90. The third kappa shape index (κ3) is 6.43. The van der Waals surface area contributed by atoms with Crippen LogP contribution in [0.1, 0.15) is 31.3 Å². The van der Waals surface area contributed by atoms with Gasteiger partial charge in [0.25, 0.3) is 5.91 Å². The fourth-order valence-corrected chi connectivity index (χ4v) is 5.19. The van der Waals surface area contributed by atoms with Crippen molar-refractivity contribution in [3.8, 4) is 22.1 Å². The van der Waals surface area contributed by atoms with Crippen molar-refractivity contribution in [3.63, 3.8) is 0 Å². The molecule has 0 spiro atoms. The summed E-state index contributed by atoms with van der Waals surface area (Å²) in [6, 6.07) is 16.9. The van der Waals surface area contributed by atoms with Crippen LogP contribution in [-0.2, 0) is 4.74 Å². The van der Waals surface area contributed by atoms with Gasteiger partial charge in [-0.05, 0) is 57.2 Å². The van der Waals surface area contributed by atoms with Gasteiger partial charge in [0.2, 0.25) is 5.13 Å². The van der Waals surface area contributed by atoms with Crippen molar-refractivity contribution in [2.45, 2.75) is 26.4 Å². The number of thiazole rings is 1. The van der Waals surface area contributed by atoms with Crippen LogP contribution in [0.15, 0.2) is 60.0 Å². The zero-order valence-corrected chi connectivity index (χ0v) is 24.3. The van der Waals surface area contributed by atoms with Crippen molar-refractivity contribution in [2.24, 2.45) is 0 Å². The highest BCUT2D eigenvalue weighted by Crippen LogP contribution is 2.29. The summed E-state index contributed by atoms with van der Waals surface area (Å²) >= 11 is 1.28. The Balaban J connectivity index is 1.26. The molecule has 2 aromatic heterocycles. The Labute approximate surface area is 242 Å². The molecular formula is C29H33N7O4S. The quantitative estimate of drug-likeness (QED) is 0.333. The van der Waals surface area contributed by atoms with Crippen LogP contribution in [0.25, 0.3) is 16.4 Å². The van der Waals surface area contributed by atoms with Crippen molar-refractivity contribution in [2.75, 3.05) is 49.2 Å². The maximum Gasteiger partial charge on any atom is 0.410 e. The Morgan fingerprint density at radius 3 is 2.41 bits per heavy atom. The maximum absolute atomic E-state index is 13.2. The average molecular weight is 576 g/mol. The van der Waals surface area contributed by atoms with Crippen molar-refractivity contribution >= 4 is 40.5 Å². The first kappa shape index (κ1) is 28.0. The van der Waals surface area contributed by atoms with Gasteiger partial charge in [0.15, 0.2) is 0 Å². The SMILES string of the molecule is COc1ccc(-c2cc(N)n(-c3nc(C(=O)Nc4ccccc4N4CCN(C(=O)OC(C)(C)C)CC4)cs3)n2)cc1. The number of nitrogen functional groups attached to an aromatic ring is 1. The minimum atomic E-state index is -0.539. The summed E-state index contributed by atoms with van der Waals surface area (Å²) in [6.07, 6.45) is -0.313. The topological polar surface area (TPSA) is 128 Å². The third-order valence-corrected chi connectivity index (χ3v) is 7.27. The van der Waals surface area contributed by atoms with Crippen LogP contribution in [0, 0.1) is 0 Å². The van der Waals surface area contributed by atoms with E-state index in [0.29, 0.717) is 48.5 Å². The summed E-state index contributed by atoms with van der Waals surface area (Å²) in [5.74, 6) is 0.822. The third-order valence-electron chi connectivity index (χ3n) is 6.45. The van der Waals surface area contributed by atoms with Crippen LogP contribution < -0.4 is 20.7 Å². The maximum atomic E-state index is 13.2. The first-order chi connectivity index (χ1) is 19.6. The minimum Gasteiger partial charge on any atom is -0.497 e. The largest absolute Gasteiger partial charge is 0.497 e. The molecule has 214 valence electrons. The van der Waals surface area contributed by atoms with E-state index < -0.39 is 5.60 Å². The van der Waals surface area contributed by atoms with Crippen molar-refractivity contribution in [3.05, 3.63) is 65.7 Å². The molecule has 0 saturated carbocycles. The zero-order chi connectivity index (χ0) is 29.1. The fraction of sp³-hybridized carbons (Fsp3) is 0.310. The molecule has 0 bridgehead atoms.